The van der Waals surface area contributed by atoms with Gasteiger partial charge >= 0.3 is 6.03 Å². The number of nitrogens with one attached hydrogen (secondary N) is 2. The van der Waals surface area contributed by atoms with Gasteiger partial charge in [-0.25, -0.2) is 4.79 Å². The Balaban J connectivity index is 1.65. The van der Waals surface area contributed by atoms with E-state index in [2.05, 4.69) is 17.2 Å². The van der Waals surface area contributed by atoms with Crippen molar-refractivity contribution >= 4 is 17.8 Å². The van der Waals surface area contributed by atoms with Gasteiger partial charge in [0, 0.05) is 13.1 Å². The summed E-state index contributed by atoms with van der Waals surface area (Å²) in [6, 6.07) is 15.0. The normalized spacial score (nSPS) is 18.2. The van der Waals surface area contributed by atoms with Crippen LogP contribution in [0.15, 0.2) is 78.5 Å². The van der Waals surface area contributed by atoms with Crippen molar-refractivity contribution in [3.63, 3.8) is 0 Å². The number of hydrogen-bond acceptors (Lipinski definition) is 4. The molecule has 0 radical (unpaired) electrons. The Morgan fingerprint density at radius 3 is 2.56 bits per heavy atom. The summed E-state index contributed by atoms with van der Waals surface area (Å²) in [4.78, 5) is 42.6. The first-order valence-corrected chi connectivity index (χ1v) is 12.1. The summed E-state index contributed by atoms with van der Waals surface area (Å²) in [5, 5.41) is 5.87. The first kappa shape index (κ1) is 25.0. The van der Waals surface area contributed by atoms with Gasteiger partial charge in [-0.05, 0) is 42.7 Å². The van der Waals surface area contributed by atoms with E-state index in [1.54, 1.807) is 13.0 Å². The number of para-hydroxylation sites is 1. The minimum absolute atomic E-state index is 0.169. The Morgan fingerprint density at radius 1 is 1.14 bits per heavy atom. The molecule has 0 saturated carbocycles. The summed E-state index contributed by atoms with van der Waals surface area (Å²) in [6.45, 7) is 10.4. The van der Waals surface area contributed by atoms with Gasteiger partial charge in [0.15, 0.2) is 0 Å². The highest BCUT2D eigenvalue weighted by Crippen LogP contribution is 2.38. The van der Waals surface area contributed by atoms with E-state index in [1.807, 2.05) is 68.4 Å². The smallest absolute Gasteiger partial charge is 0.322 e. The molecule has 2 aromatic carbocycles. The molecule has 0 unspecified atom stereocenters. The van der Waals surface area contributed by atoms with E-state index in [0.717, 1.165) is 5.56 Å². The fourth-order valence-electron chi connectivity index (χ4n) is 4.37. The van der Waals surface area contributed by atoms with E-state index in [-0.39, 0.29) is 30.9 Å². The molecule has 36 heavy (non-hydrogen) atoms. The molecule has 2 aliphatic rings. The molecular formula is C28H32N4O4. The molecule has 0 fully saturated rings. The number of benzene rings is 2. The van der Waals surface area contributed by atoms with E-state index in [1.165, 1.54) is 9.80 Å². The van der Waals surface area contributed by atoms with Crippen LogP contribution >= 0.6 is 0 Å². The van der Waals surface area contributed by atoms with Crippen molar-refractivity contribution in [2.45, 2.75) is 32.9 Å². The Hall–Kier alpha value is -4.07. The molecule has 188 valence electrons. The van der Waals surface area contributed by atoms with E-state index < -0.39 is 12.1 Å². The van der Waals surface area contributed by atoms with Crippen molar-refractivity contribution in [3.8, 4) is 11.5 Å². The van der Waals surface area contributed by atoms with Crippen LogP contribution in [0.3, 0.4) is 0 Å². The standard InChI is InChI=1S/C28H32N4O4/c1-5-14-31-23-17-32(19(4)26(33)29-16-18(2)3)27(34)24(23)25(30-28(31)35)20-10-9-13-22(15-20)36-21-11-7-6-8-12-21/h5-13,15,18-19,25H,1,14,16-17H2,2-4H3,(H,29,33)(H,30,35)/t19-,25-/m1/s1. The van der Waals surface area contributed by atoms with Crippen LogP contribution in [0.25, 0.3) is 0 Å². The van der Waals surface area contributed by atoms with E-state index in [0.29, 0.717) is 35.2 Å². The van der Waals surface area contributed by atoms with Gasteiger partial charge in [0.1, 0.15) is 17.5 Å². The lowest BCUT2D eigenvalue weighted by atomic mass is 9.95. The number of hydrogen-bond donors (Lipinski definition) is 2. The number of rotatable bonds is 9. The van der Waals surface area contributed by atoms with Crippen LogP contribution in [0.1, 0.15) is 32.4 Å². The summed E-state index contributed by atoms with van der Waals surface area (Å²) in [5.74, 6) is 1.07. The zero-order valence-corrected chi connectivity index (χ0v) is 20.9. The number of carbonyl (C=O) groups excluding carboxylic acids is 3. The molecule has 0 bridgehead atoms. The lowest BCUT2D eigenvalue weighted by Gasteiger charge is -2.33. The zero-order valence-electron chi connectivity index (χ0n) is 20.9. The molecule has 2 atom stereocenters. The summed E-state index contributed by atoms with van der Waals surface area (Å²) >= 11 is 0. The van der Waals surface area contributed by atoms with Crippen LogP contribution in [0, 0.1) is 5.92 Å². The molecule has 8 nitrogen and oxygen atoms in total. The van der Waals surface area contributed by atoms with Crippen LogP contribution in [-0.2, 0) is 9.59 Å². The number of nitrogens with zero attached hydrogens (tertiary/aromatic N) is 2. The second-order valence-electron chi connectivity index (χ2n) is 9.38. The van der Waals surface area contributed by atoms with E-state index >= 15 is 0 Å². The molecule has 0 aliphatic carbocycles. The lowest BCUT2D eigenvalue weighted by Crippen LogP contribution is -2.47. The van der Waals surface area contributed by atoms with Crippen molar-refractivity contribution < 1.29 is 19.1 Å². The number of urea groups is 1. The van der Waals surface area contributed by atoms with Gasteiger partial charge < -0.3 is 20.3 Å². The predicted octanol–water partition coefficient (Wildman–Crippen LogP) is 3.99. The maximum atomic E-state index is 13.7. The molecule has 8 heteroatoms. The summed E-state index contributed by atoms with van der Waals surface area (Å²) in [7, 11) is 0. The average molecular weight is 489 g/mol. The van der Waals surface area contributed by atoms with Gasteiger partial charge in [0.05, 0.1) is 23.9 Å². The third kappa shape index (κ3) is 5.12. The fourth-order valence-corrected chi connectivity index (χ4v) is 4.37. The largest absolute Gasteiger partial charge is 0.457 e. The van der Waals surface area contributed by atoms with E-state index in [4.69, 9.17) is 4.74 Å². The van der Waals surface area contributed by atoms with Crippen molar-refractivity contribution in [3.05, 3.63) is 84.1 Å². The third-order valence-electron chi connectivity index (χ3n) is 6.26. The number of ether oxygens (including phenoxy) is 1. The second-order valence-corrected chi connectivity index (χ2v) is 9.38. The highest BCUT2D eigenvalue weighted by atomic mass is 16.5. The highest BCUT2D eigenvalue weighted by molar-refractivity contribution is 6.03. The first-order chi connectivity index (χ1) is 17.3. The molecule has 4 rings (SSSR count). The molecule has 0 aromatic heterocycles. The topological polar surface area (TPSA) is 91.0 Å². The summed E-state index contributed by atoms with van der Waals surface area (Å²) < 4.78 is 5.97. The second kappa shape index (κ2) is 10.7. The molecule has 4 amide bonds. The molecule has 2 heterocycles. The first-order valence-electron chi connectivity index (χ1n) is 12.1. The lowest BCUT2D eigenvalue weighted by molar-refractivity contribution is -0.135. The molecule has 2 aliphatic heterocycles. The Labute approximate surface area is 211 Å². The van der Waals surface area contributed by atoms with Crippen LogP contribution < -0.4 is 15.4 Å². The SMILES string of the molecule is C=CCN1C(=O)N[C@H](c2cccc(Oc3ccccc3)c2)C2=C1CN([C@H](C)C(=O)NCC(C)C)C2=O. The maximum absolute atomic E-state index is 13.7. The molecule has 2 aromatic rings. The minimum atomic E-state index is -0.684. The van der Waals surface area contributed by atoms with Crippen molar-refractivity contribution in [1.29, 1.82) is 0 Å². The van der Waals surface area contributed by atoms with Gasteiger partial charge in [-0.1, -0.05) is 50.3 Å². The van der Waals surface area contributed by atoms with Crippen LogP contribution in [0.5, 0.6) is 11.5 Å². The van der Waals surface area contributed by atoms with Crippen LogP contribution in [-0.4, -0.2) is 53.3 Å². The number of amides is 4. The quantitative estimate of drug-likeness (QED) is 0.522. The molecular weight excluding hydrogens is 456 g/mol. The van der Waals surface area contributed by atoms with Crippen LogP contribution in [0.4, 0.5) is 4.79 Å². The molecule has 0 saturated heterocycles. The van der Waals surface area contributed by atoms with E-state index in [9.17, 15) is 14.4 Å². The average Bonchev–Trinajstić information content (AvgIpc) is 3.21. The van der Waals surface area contributed by atoms with Crippen molar-refractivity contribution in [2.24, 2.45) is 5.92 Å². The minimum Gasteiger partial charge on any atom is -0.457 e. The monoisotopic (exact) mass is 488 g/mol. The fraction of sp³-hybridized carbons (Fsp3) is 0.321. The number of carbonyl (C=O) groups is 3. The zero-order chi connectivity index (χ0) is 25.8. The highest BCUT2D eigenvalue weighted by Gasteiger charge is 2.46. The summed E-state index contributed by atoms with van der Waals surface area (Å²) in [5.41, 5.74) is 1.76. The van der Waals surface area contributed by atoms with Gasteiger partial charge in [-0.2, -0.15) is 0 Å². The molecule has 0 spiro atoms. The van der Waals surface area contributed by atoms with Gasteiger partial charge in [0.2, 0.25) is 5.91 Å². The van der Waals surface area contributed by atoms with Crippen molar-refractivity contribution in [2.75, 3.05) is 19.6 Å². The Bertz CT molecular complexity index is 1190. The summed E-state index contributed by atoms with van der Waals surface area (Å²) in [6.07, 6.45) is 1.62. The van der Waals surface area contributed by atoms with Gasteiger partial charge in [-0.15, -0.1) is 6.58 Å². The Kier molecular flexibility index (Phi) is 7.43. The maximum Gasteiger partial charge on any atom is 0.322 e. The van der Waals surface area contributed by atoms with Crippen molar-refractivity contribution in [1.82, 2.24) is 20.4 Å². The third-order valence-corrected chi connectivity index (χ3v) is 6.26. The van der Waals surface area contributed by atoms with Gasteiger partial charge in [-0.3, -0.25) is 14.5 Å². The molecule has 2 N–H and O–H groups in total. The Morgan fingerprint density at radius 2 is 1.86 bits per heavy atom. The van der Waals surface area contributed by atoms with Crippen LogP contribution in [0.2, 0.25) is 0 Å². The van der Waals surface area contributed by atoms with Gasteiger partial charge in [0.25, 0.3) is 5.91 Å². The predicted molar refractivity (Wildman–Crippen MR) is 137 cm³/mol.